The van der Waals surface area contributed by atoms with E-state index in [1.54, 1.807) is 0 Å². The maximum Gasteiger partial charge on any atom is 0.343 e. The third kappa shape index (κ3) is 3.64. The van der Waals surface area contributed by atoms with Gasteiger partial charge in [0.2, 0.25) is 0 Å². The van der Waals surface area contributed by atoms with Crippen molar-refractivity contribution in [2.75, 3.05) is 0 Å². The van der Waals surface area contributed by atoms with Gasteiger partial charge in [-0.05, 0) is 48.0 Å². The third-order valence-electron chi connectivity index (χ3n) is 2.61. The van der Waals surface area contributed by atoms with Crippen LogP contribution < -0.4 is 4.74 Å². The van der Waals surface area contributed by atoms with Crippen LogP contribution in [0.25, 0.3) is 0 Å². The number of rotatable bonds is 4. The summed E-state index contributed by atoms with van der Waals surface area (Å²) in [6.07, 6.45) is 0. The molecule has 0 fully saturated rings. The number of halogens is 1. The van der Waals surface area contributed by atoms with E-state index in [1.165, 1.54) is 48.5 Å². The van der Waals surface area contributed by atoms with Crippen LogP contribution in [0.15, 0.2) is 48.5 Å². The topological polar surface area (TPSA) is 86.5 Å². The van der Waals surface area contributed by atoms with Crippen molar-refractivity contribution < 1.29 is 19.2 Å². The van der Waals surface area contributed by atoms with Gasteiger partial charge in [0, 0.05) is 17.7 Å². The fourth-order valence-corrected chi connectivity index (χ4v) is 1.67. The maximum absolute atomic E-state index is 11.8. The van der Waals surface area contributed by atoms with E-state index < -0.39 is 16.1 Å². The Hall–Kier alpha value is -2.73. The molecule has 21 heavy (non-hydrogen) atoms. The van der Waals surface area contributed by atoms with Crippen LogP contribution in [0.5, 0.6) is 5.75 Å². The predicted octanol–water partition coefficient (Wildman–Crippen LogP) is 3.19. The standard InChI is InChI=1S/C14H8ClNO5/c15-13(17)9-3-7-12(8-4-9)21-14(18)10-1-5-11(6-2-10)16(19)20/h1-8H. The van der Waals surface area contributed by atoms with E-state index >= 15 is 0 Å². The highest BCUT2D eigenvalue weighted by Gasteiger charge is 2.12. The lowest BCUT2D eigenvalue weighted by atomic mass is 10.2. The summed E-state index contributed by atoms with van der Waals surface area (Å²) in [7, 11) is 0. The average molecular weight is 306 g/mol. The number of benzene rings is 2. The normalized spacial score (nSPS) is 9.95. The number of carbonyl (C=O) groups is 2. The SMILES string of the molecule is O=C(Cl)c1ccc(OC(=O)c2ccc([N+](=O)[O-])cc2)cc1. The zero-order chi connectivity index (χ0) is 15.4. The molecule has 0 bridgehead atoms. The summed E-state index contributed by atoms with van der Waals surface area (Å²) >= 11 is 5.30. The van der Waals surface area contributed by atoms with Crippen LogP contribution in [-0.2, 0) is 0 Å². The van der Waals surface area contributed by atoms with E-state index in [1.807, 2.05) is 0 Å². The van der Waals surface area contributed by atoms with Crippen LogP contribution in [0.4, 0.5) is 5.69 Å². The number of hydrogen-bond acceptors (Lipinski definition) is 5. The molecule has 0 saturated heterocycles. The minimum absolute atomic E-state index is 0.114. The highest BCUT2D eigenvalue weighted by atomic mass is 35.5. The third-order valence-corrected chi connectivity index (χ3v) is 2.82. The quantitative estimate of drug-likeness (QED) is 0.285. The summed E-state index contributed by atoms with van der Waals surface area (Å²) in [6, 6.07) is 10.7. The number of non-ortho nitro benzene ring substituents is 1. The highest BCUT2D eigenvalue weighted by molar-refractivity contribution is 6.67. The van der Waals surface area contributed by atoms with E-state index in [9.17, 15) is 19.7 Å². The molecule has 0 aliphatic carbocycles. The van der Waals surface area contributed by atoms with Gasteiger partial charge in [0.05, 0.1) is 10.5 Å². The number of nitro groups is 1. The highest BCUT2D eigenvalue weighted by Crippen LogP contribution is 2.17. The summed E-state index contributed by atoms with van der Waals surface area (Å²) in [5.74, 6) is -0.421. The molecule has 0 aliphatic heterocycles. The molecular formula is C14H8ClNO5. The van der Waals surface area contributed by atoms with Gasteiger partial charge in [0.1, 0.15) is 5.75 Å². The number of esters is 1. The largest absolute Gasteiger partial charge is 0.423 e. The molecule has 2 aromatic rings. The first-order chi connectivity index (χ1) is 9.97. The van der Waals surface area contributed by atoms with E-state index in [0.29, 0.717) is 0 Å². The van der Waals surface area contributed by atoms with Crippen molar-refractivity contribution in [1.29, 1.82) is 0 Å². The fourth-order valence-electron chi connectivity index (χ4n) is 1.54. The minimum Gasteiger partial charge on any atom is -0.423 e. The van der Waals surface area contributed by atoms with E-state index in [2.05, 4.69) is 0 Å². The Morgan fingerprint density at radius 2 is 1.48 bits per heavy atom. The Kier molecular flexibility index (Phi) is 4.30. The van der Waals surface area contributed by atoms with E-state index in [0.717, 1.165) is 0 Å². The predicted molar refractivity (Wildman–Crippen MR) is 74.7 cm³/mol. The summed E-state index contributed by atoms with van der Waals surface area (Å²) in [6.45, 7) is 0. The second-order valence-corrected chi connectivity index (χ2v) is 4.33. The first kappa shape index (κ1) is 14.7. The van der Waals surface area contributed by atoms with Crippen molar-refractivity contribution in [3.63, 3.8) is 0 Å². The van der Waals surface area contributed by atoms with Crippen LogP contribution in [0.2, 0.25) is 0 Å². The minimum atomic E-state index is -0.658. The second kappa shape index (κ2) is 6.15. The Bertz CT molecular complexity index is 694. The second-order valence-electron chi connectivity index (χ2n) is 3.99. The van der Waals surface area contributed by atoms with Gasteiger partial charge in [0.25, 0.3) is 10.9 Å². The van der Waals surface area contributed by atoms with Gasteiger partial charge >= 0.3 is 5.97 Å². The van der Waals surface area contributed by atoms with Gasteiger partial charge in [-0.3, -0.25) is 14.9 Å². The van der Waals surface area contributed by atoms with Gasteiger partial charge in [-0.25, -0.2) is 4.79 Å². The van der Waals surface area contributed by atoms with Crippen LogP contribution >= 0.6 is 11.6 Å². The molecule has 106 valence electrons. The first-order valence-electron chi connectivity index (χ1n) is 5.74. The Labute approximate surface area is 124 Å². The first-order valence-corrected chi connectivity index (χ1v) is 6.11. The number of hydrogen-bond donors (Lipinski definition) is 0. The van der Waals surface area contributed by atoms with Gasteiger partial charge in [0.15, 0.2) is 0 Å². The number of nitrogens with zero attached hydrogens (tertiary/aromatic N) is 1. The summed E-state index contributed by atoms with van der Waals surface area (Å²) in [5.41, 5.74) is 0.349. The van der Waals surface area contributed by atoms with Crippen molar-refractivity contribution in [3.05, 3.63) is 69.8 Å². The molecular weight excluding hydrogens is 298 g/mol. The number of nitro benzene ring substituents is 1. The van der Waals surface area contributed by atoms with Crippen LogP contribution in [0.3, 0.4) is 0 Å². The smallest absolute Gasteiger partial charge is 0.343 e. The van der Waals surface area contributed by atoms with Gasteiger partial charge < -0.3 is 4.74 Å². The van der Waals surface area contributed by atoms with Gasteiger partial charge in [-0.15, -0.1) is 0 Å². The van der Waals surface area contributed by atoms with Gasteiger partial charge in [-0.1, -0.05) is 0 Å². The lowest BCUT2D eigenvalue weighted by Crippen LogP contribution is -2.08. The fraction of sp³-hybridized carbons (Fsp3) is 0. The van der Waals surface area contributed by atoms with Crippen molar-refractivity contribution in [2.45, 2.75) is 0 Å². The molecule has 0 spiro atoms. The monoisotopic (exact) mass is 305 g/mol. The Balaban J connectivity index is 2.10. The zero-order valence-corrected chi connectivity index (χ0v) is 11.2. The summed E-state index contributed by atoms with van der Waals surface area (Å²) in [5, 5.41) is 9.90. The van der Waals surface area contributed by atoms with Crippen molar-refractivity contribution in [1.82, 2.24) is 0 Å². The van der Waals surface area contributed by atoms with Crippen molar-refractivity contribution in [2.24, 2.45) is 0 Å². The number of carbonyl (C=O) groups excluding carboxylic acids is 2. The molecule has 0 amide bonds. The molecule has 0 radical (unpaired) electrons. The maximum atomic E-state index is 11.8. The molecule has 0 aromatic heterocycles. The summed E-state index contributed by atoms with van der Waals surface area (Å²) < 4.78 is 5.07. The molecule has 0 unspecified atom stereocenters. The Morgan fingerprint density at radius 1 is 0.952 bits per heavy atom. The number of ether oxygens (including phenoxy) is 1. The van der Waals surface area contributed by atoms with E-state index in [4.69, 9.17) is 16.3 Å². The molecule has 2 rings (SSSR count). The molecule has 7 heteroatoms. The van der Waals surface area contributed by atoms with E-state index in [-0.39, 0.29) is 22.6 Å². The lowest BCUT2D eigenvalue weighted by Gasteiger charge is -2.04. The van der Waals surface area contributed by atoms with Crippen molar-refractivity contribution in [3.8, 4) is 5.75 Å². The summed E-state index contributed by atoms with van der Waals surface area (Å²) in [4.78, 5) is 32.7. The van der Waals surface area contributed by atoms with Gasteiger partial charge in [-0.2, -0.15) is 0 Å². The molecule has 0 heterocycles. The molecule has 6 nitrogen and oxygen atoms in total. The van der Waals surface area contributed by atoms with Crippen LogP contribution in [0.1, 0.15) is 20.7 Å². The lowest BCUT2D eigenvalue weighted by molar-refractivity contribution is -0.384. The zero-order valence-electron chi connectivity index (χ0n) is 10.5. The average Bonchev–Trinajstić information content (AvgIpc) is 2.47. The Morgan fingerprint density at radius 3 is 1.95 bits per heavy atom. The molecule has 2 aromatic carbocycles. The van der Waals surface area contributed by atoms with Crippen LogP contribution in [0, 0.1) is 10.1 Å². The molecule has 0 atom stereocenters. The van der Waals surface area contributed by atoms with Crippen LogP contribution in [-0.4, -0.2) is 16.1 Å². The molecule has 0 saturated carbocycles. The van der Waals surface area contributed by atoms with Crippen molar-refractivity contribution >= 4 is 28.5 Å². The molecule has 0 aliphatic rings. The molecule has 0 N–H and O–H groups in total.